The highest BCUT2D eigenvalue weighted by Gasteiger charge is 2.75. The van der Waals surface area contributed by atoms with Crippen LogP contribution in [0.25, 0.3) is 0 Å². The monoisotopic (exact) mass is 318 g/mol. The van der Waals surface area contributed by atoms with Gasteiger partial charge in [-0.25, -0.2) is 0 Å². The van der Waals surface area contributed by atoms with Gasteiger partial charge in [-0.15, -0.1) is 0 Å². The molecule has 2 unspecified atom stereocenters. The first-order chi connectivity index (χ1) is 10.6. The van der Waals surface area contributed by atoms with Gasteiger partial charge >= 0.3 is 0 Å². The zero-order chi connectivity index (χ0) is 16.4. The number of hydrogen-bond acceptors (Lipinski definition) is 2. The first kappa shape index (κ1) is 15.2. The normalized spacial score (nSPS) is 65.5. The number of fused-ring (bicyclic) bond motifs is 3. The standard InChI is InChI=1S/C21H34O2/c1-12-9-14(12)20(6)22-17-11-21-10-16(19(17,5)23-20)18(3,4)15(21)8-7-13(21)2/h12-17H,7-11H2,1-6H3/t12?,13-,14?,15+,16-,17+,19-,20-,21-/m1/s1. The van der Waals surface area contributed by atoms with E-state index in [0.29, 0.717) is 28.8 Å². The van der Waals surface area contributed by atoms with Crippen molar-refractivity contribution in [3.8, 4) is 0 Å². The molecule has 4 saturated carbocycles. The average molecular weight is 319 g/mol. The Kier molecular flexibility index (Phi) is 2.65. The molecule has 5 fully saturated rings. The van der Waals surface area contributed by atoms with Crippen molar-refractivity contribution in [2.75, 3.05) is 0 Å². The van der Waals surface area contributed by atoms with Crippen LogP contribution in [0.3, 0.4) is 0 Å². The van der Waals surface area contributed by atoms with E-state index in [1.54, 1.807) is 0 Å². The fourth-order valence-electron chi connectivity index (χ4n) is 8.07. The molecule has 2 heteroatoms. The van der Waals surface area contributed by atoms with Crippen molar-refractivity contribution in [2.45, 2.75) is 91.1 Å². The minimum atomic E-state index is -0.326. The summed E-state index contributed by atoms with van der Waals surface area (Å²) in [5, 5.41) is 0. The molecule has 0 aromatic rings. The summed E-state index contributed by atoms with van der Waals surface area (Å²) in [6, 6.07) is 0. The maximum absolute atomic E-state index is 6.88. The molecule has 1 spiro atoms. The van der Waals surface area contributed by atoms with E-state index >= 15 is 0 Å². The van der Waals surface area contributed by atoms with Gasteiger partial charge in [0, 0.05) is 5.92 Å². The molecule has 1 aliphatic heterocycles. The zero-order valence-electron chi connectivity index (χ0n) is 15.8. The molecule has 5 aliphatic rings. The first-order valence-electron chi connectivity index (χ1n) is 10.0. The van der Waals surface area contributed by atoms with E-state index in [4.69, 9.17) is 9.47 Å². The zero-order valence-corrected chi connectivity index (χ0v) is 15.8. The Morgan fingerprint density at radius 2 is 1.61 bits per heavy atom. The lowest BCUT2D eigenvalue weighted by atomic mass is 9.63. The topological polar surface area (TPSA) is 18.5 Å². The fraction of sp³-hybridized carbons (Fsp3) is 1.00. The van der Waals surface area contributed by atoms with Gasteiger partial charge < -0.3 is 9.47 Å². The summed E-state index contributed by atoms with van der Waals surface area (Å²) < 4.78 is 13.6. The maximum atomic E-state index is 6.88. The molecule has 9 atom stereocenters. The van der Waals surface area contributed by atoms with Gasteiger partial charge in [0.05, 0.1) is 11.7 Å². The molecule has 5 rings (SSSR count). The second-order valence-electron chi connectivity index (χ2n) is 10.8. The minimum absolute atomic E-state index is 0.0735. The van der Waals surface area contributed by atoms with Crippen LogP contribution in [0.2, 0.25) is 0 Å². The van der Waals surface area contributed by atoms with Crippen molar-refractivity contribution >= 4 is 0 Å². The number of hydrogen-bond donors (Lipinski definition) is 0. The molecule has 0 aromatic heterocycles. The molecule has 1 saturated heterocycles. The highest BCUT2D eigenvalue weighted by Crippen LogP contribution is 2.76. The van der Waals surface area contributed by atoms with Crippen molar-refractivity contribution in [3.05, 3.63) is 0 Å². The SMILES string of the molecule is CC1CC1[C@]1(C)O[C@H]2C[C@@]34C[C@H](C(C)(C)[C@@H]3CC[C@H]4C)[C@@]2(C)O1. The molecule has 0 amide bonds. The lowest BCUT2D eigenvalue weighted by Crippen LogP contribution is -2.52. The lowest BCUT2D eigenvalue weighted by molar-refractivity contribution is -0.204. The summed E-state index contributed by atoms with van der Waals surface area (Å²) in [6.45, 7) is 14.6. The van der Waals surface area contributed by atoms with E-state index in [9.17, 15) is 0 Å². The molecular formula is C21H34O2. The predicted molar refractivity (Wildman–Crippen MR) is 90.9 cm³/mol. The van der Waals surface area contributed by atoms with Crippen LogP contribution in [0.15, 0.2) is 0 Å². The minimum Gasteiger partial charge on any atom is -0.344 e. The van der Waals surface area contributed by atoms with Crippen LogP contribution < -0.4 is 0 Å². The highest BCUT2D eigenvalue weighted by atomic mass is 16.8. The van der Waals surface area contributed by atoms with Gasteiger partial charge in [-0.05, 0) is 80.5 Å². The maximum Gasteiger partial charge on any atom is 0.169 e. The molecule has 0 N–H and O–H groups in total. The van der Waals surface area contributed by atoms with Crippen molar-refractivity contribution in [1.29, 1.82) is 0 Å². The van der Waals surface area contributed by atoms with E-state index in [2.05, 4.69) is 41.5 Å². The van der Waals surface area contributed by atoms with Gasteiger partial charge in [-0.1, -0.05) is 27.7 Å². The molecule has 130 valence electrons. The van der Waals surface area contributed by atoms with E-state index in [1.807, 2.05) is 0 Å². The third-order valence-corrected chi connectivity index (χ3v) is 9.42. The van der Waals surface area contributed by atoms with Crippen molar-refractivity contribution in [1.82, 2.24) is 0 Å². The van der Waals surface area contributed by atoms with Crippen molar-refractivity contribution < 1.29 is 9.47 Å². The quantitative estimate of drug-likeness (QED) is 0.676. The molecule has 1 heterocycles. The summed E-state index contributed by atoms with van der Waals surface area (Å²) in [7, 11) is 0. The number of rotatable bonds is 1. The van der Waals surface area contributed by atoms with Crippen molar-refractivity contribution in [2.24, 2.45) is 40.4 Å². The van der Waals surface area contributed by atoms with E-state index in [0.717, 1.165) is 17.8 Å². The summed E-state index contributed by atoms with van der Waals surface area (Å²) in [4.78, 5) is 0. The largest absolute Gasteiger partial charge is 0.344 e. The molecule has 4 aliphatic carbocycles. The summed E-state index contributed by atoms with van der Waals surface area (Å²) >= 11 is 0. The third kappa shape index (κ3) is 1.59. The van der Waals surface area contributed by atoms with Crippen LogP contribution >= 0.6 is 0 Å². The summed E-state index contributed by atoms with van der Waals surface area (Å²) in [5.74, 6) is 3.43. The second kappa shape index (κ2) is 4.01. The van der Waals surface area contributed by atoms with Crippen molar-refractivity contribution in [3.63, 3.8) is 0 Å². The van der Waals surface area contributed by atoms with E-state index in [-0.39, 0.29) is 11.4 Å². The fourth-order valence-corrected chi connectivity index (χ4v) is 8.07. The van der Waals surface area contributed by atoms with Gasteiger partial charge in [0.1, 0.15) is 0 Å². The average Bonchev–Trinajstić information content (AvgIpc) is 2.93. The third-order valence-electron chi connectivity index (χ3n) is 9.42. The van der Waals surface area contributed by atoms with Crippen LogP contribution in [0, 0.1) is 40.4 Å². The Labute approximate surface area is 141 Å². The predicted octanol–water partition coefficient (Wildman–Crippen LogP) is 5.02. The Morgan fingerprint density at radius 3 is 2.26 bits per heavy atom. The van der Waals surface area contributed by atoms with E-state index < -0.39 is 0 Å². The second-order valence-corrected chi connectivity index (χ2v) is 10.8. The molecular weight excluding hydrogens is 284 g/mol. The van der Waals surface area contributed by atoms with Gasteiger partial charge in [-0.2, -0.15) is 0 Å². The lowest BCUT2D eigenvalue weighted by Gasteiger charge is -2.47. The van der Waals surface area contributed by atoms with Gasteiger partial charge in [0.25, 0.3) is 0 Å². The van der Waals surface area contributed by atoms with Crippen LogP contribution in [0.4, 0.5) is 0 Å². The van der Waals surface area contributed by atoms with Crippen LogP contribution in [-0.2, 0) is 9.47 Å². The Morgan fingerprint density at radius 1 is 0.913 bits per heavy atom. The molecule has 0 aromatic carbocycles. The van der Waals surface area contributed by atoms with Crippen LogP contribution in [0.5, 0.6) is 0 Å². The number of ether oxygens (including phenoxy) is 2. The molecule has 2 nitrogen and oxygen atoms in total. The van der Waals surface area contributed by atoms with Gasteiger partial charge in [0.2, 0.25) is 0 Å². The molecule has 0 radical (unpaired) electrons. The molecule has 2 bridgehead atoms. The first-order valence-corrected chi connectivity index (χ1v) is 10.0. The van der Waals surface area contributed by atoms with Crippen LogP contribution in [0.1, 0.15) is 73.6 Å². The summed E-state index contributed by atoms with van der Waals surface area (Å²) in [6.07, 6.45) is 7.04. The summed E-state index contributed by atoms with van der Waals surface area (Å²) in [5.41, 5.74) is 0.843. The Hall–Kier alpha value is -0.0800. The Balaban J connectivity index is 1.56. The van der Waals surface area contributed by atoms with Gasteiger partial charge in [0.15, 0.2) is 5.79 Å². The highest BCUT2D eigenvalue weighted by molar-refractivity contribution is 5.22. The van der Waals surface area contributed by atoms with E-state index in [1.165, 1.54) is 32.1 Å². The Bertz CT molecular complexity index is 556. The molecule has 23 heavy (non-hydrogen) atoms. The smallest absolute Gasteiger partial charge is 0.169 e. The van der Waals surface area contributed by atoms with Crippen LogP contribution in [-0.4, -0.2) is 17.5 Å². The van der Waals surface area contributed by atoms with Gasteiger partial charge in [-0.3, -0.25) is 0 Å².